The van der Waals surface area contributed by atoms with Crippen LogP contribution in [-0.4, -0.2) is 49.0 Å². The first-order valence-electron chi connectivity index (χ1n) is 7.26. The number of nitro groups is 1. The van der Waals surface area contributed by atoms with Crippen molar-refractivity contribution < 1.29 is 14.5 Å². The molecule has 1 saturated heterocycles. The lowest BCUT2D eigenvalue weighted by atomic mass is 10.2. The molecule has 2 rings (SSSR count). The second-order valence-corrected chi connectivity index (χ2v) is 5.00. The van der Waals surface area contributed by atoms with E-state index in [4.69, 9.17) is 4.74 Å². The minimum atomic E-state index is -0.531. The van der Waals surface area contributed by atoms with Crippen molar-refractivity contribution in [2.45, 2.75) is 0 Å². The van der Waals surface area contributed by atoms with Crippen LogP contribution in [0.1, 0.15) is 0 Å². The fourth-order valence-electron chi connectivity index (χ4n) is 2.24. The molecule has 1 aromatic rings. The van der Waals surface area contributed by atoms with Crippen molar-refractivity contribution in [3.63, 3.8) is 0 Å². The molecule has 24 heavy (non-hydrogen) atoms. The van der Waals surface area contributed by atoms with Gasteiger partial charge in [0.15, 0.2) is 0 Å². The second-order valence-electron chi connectivity index (χ2n) is 5.00. The van der Waals surface area contributed by atoms with E-state index in [1.165, 1.54) is 31.5 Å². The number of hydrogen-bond donors (Lipinski definition) is 2. The molecule has 9 nitrogen and oxygen atoms in total. The highest BCUT2D eigenvalue weighted by atomic mass is 16.6. The maximum Gasteiger partial charge on any atom is 0.273 e. The average molecular weight is 331 g/mol. The molecule has 126 valence electrons. The number of anilines is 1. The number of methoxy groups -OCH3 is 1. The fraction of sp³-hybridized carbons (Fsp3) is 0.333. The van der Waals surface area contributed by atoms with Gasteiger partial charge in [-0.15, -0.1) is 0 Å². The number of hydrogen-bond acceptors (Lipinski definition) is 7. The fourth-order valence-corrected chi connectivity index (χ4v) is 2.24. The zero-order valence-electron chi connectivity index (χ0n) is 13.1. The molecule has 0 radical (unpaired) electrons. The van der Waals surface area contributed by atoms with Gasteiger partial charge in [-0.1, -0.05) is 0 Å². The average Bonchev–Trinajstić information content (AvgIpc) is 2.62. The van der Waals surface area contributed by atoms with Crippen LogP contribution in [0, 0.1) is 21.4 Å². The van der Waals surface area contributed by atoms with E-state index < -0.39 is 4.92 Å². The van der Waals surface area contributed by atoms with Gasteiger partial charge >= 0.3 is 0 Å². The van der Waals surface area contributed by atoms with Crippen LogP contribution in [0.15, 0.2) is 30.0 Å². The minimum absolute atomic E-state index is 0.0442. The number of non-ortho nitro benzene ring substituents is 1. The highest BCUT2D eigenvalue weighted by molar-refractivity contribution is 5.97. The first-order valence-corrected chi connectivity index (χ1v) is 7.26. The third-order valence-corrected chi connectivity index (χ3v) is 3.52. The van der Waals surface area contributed by atoms with Crippen molar-refractivity contribution in [2.75, 3.05) is 38.6 Å². The Hall–Kier alpha value is -3.12. The van der Waals surface area contributed by atoms with Gasteiger partial charge in [-0.25, -0.2) is 0 Å². The zero-order chi connectivity index (χ0) is 17.5. The molecule has 1 aromatic carbocycles. The number of rotatable bonds is 5. The van der Waals surface area contributed by atoms with Gasteiger partial charge in [-0.2, -0.15) is 5.26 Å². The van der Waals surface area contributed by atoms with E-state index in [1.807, 2.05) is 6.07 Å². The van der Waals surface area contributed by atoms with Crippen molar-refractivity contribution in [3.8, 4) is 11.8 Å². The van der Waals surface area contributed by atoms with Crippen molar-refractivity contribution in [2.24, 2.45) is 0 Å². The molecule has 1 fully saturated rings. The molecule has 9 heteroatoms. The summed E-state index contributed by atoms with van der Waals surface area (Å²) in [6, 6.07) is 5.90. The Morgan fingerprint density at radius 1 is 1.50 bits per heavy atom. The van der Waals surface area contributed by atoms with E-state index in [-0.39, 0.29) is 22.9 Å². The van der Waals surface area contributed by atoms with Crippen LogP contribution < -0.4 is 15.4 Å². The summed E-state index contributed by atoms with van der Waals surface area (Å²) in [7, 11) is 1.38. The van der Waals surface area contributed by atoms with E-state index in [0.717, 1.165) is 0 Å². The van der Waals surface area contributed by atoms with Crippen molar-refractivity contribution >= 4 is 17.3 Å². The summed E-state index contributed by atoms with van der Waals surface area (Å²) in [4.78, 5) is 24.1. The number of carbonyl (C=O) groups excluding carboxylic acids is 1. The molecule has 0 aliphatic carbocycles. The third-order valence-electron chi connectivity index (χ3n) is 3.52. The van der Waals surface area contributed by atoms with E-state index in [1.54, 1.807) is 4.90 Å². The number of benzene rings is 1. The van der Waals surface area contributed by atoms with Crippen molar-refractivity contribution in [3.05, 3.63) is 40.1 Å². The standard InChI is InChI=1S/C15H17N5O4/c1-24-14-8-12(20(22)23)2-3-13(14)18-10-11(9-16)15(21)19-6-4-17-5-7-19/h2-3,8,10,17-18H,4-7H2,1H3/b11-10-. The molecule has 1 heterocycles. The summed E-state index contributed by atoms with van der Waals surface area (Å²) in [6.07, 6.45) is 1.29. The van der Waals surface area contributed by atoms with Crippen LogP contribution >= 0.6 is 0 Å². The summed E-state index contributed by atoms with van der Waals surface area (Å²) in [5.41, 5.74) is 0.264. The van der Waals surface area contributed by atoms with Gasteiger partial charge in [0.25, 0.3) is 11.6 Å². The number of nitrogens with one attached hydrogen (secondary N) is 2. The van der Waals surface area contributed by atoms with Gasteiger partial charge < -0.3 is 20.3 Å². The molecule has 0 saturated carbocycles. The Bertz CT molecular complexity index is 704. The monoisotopic (exact) mass is 331 g/mol. The number of amides is 1. The van der Waals surface area contributed by atoms with Gasteiger partial charge in [0.2, 0.25) is 0 Å². The Morgan fingerprint density at radius 2 is 2.21 bits per heavy atom. The van der Waals surface area contributed by atoms with Crippen molar-refractivity contribution in [1.82, 2.24) is 10.2 Å². The summed E-state index contributed by atoms with van der Waals surface area (Å²) in [6.45, 7) is 2.46. The Balaban J connectivity index is 2.16. The molecule has 0 bridgehead atoms. The molecular formula is C15H17N5O4. The molecule has 0 unspecified atom stereocenters. The van der Waals surface area contributed by atoms with Gasteiger partial charge in [0.05, 0.1) is 23.8 Å². The normalized spacial score (nSPS) is 14.7. The summed E-state index contributed by atoms with van der Waals surface area (Å²) < 4.78 is 5.10. The number of nitro benzene ring substituents is 1. The van der Waals surface area contributed by atoms with Gasteiger partial charge in [-0.05, 0) is 6.07 Å². The van der Waals surface area contributed by atoms with E-state index >= 15 is 0 Å². The van der Waals surface area contributed by atoms with Crippen LogP contribution in [0.25, 0.3) is 0 Å². The Kier molecular flexibility index (Phi) is 5.70. The molecular weight excluding hydrogens is 314 g/mol. The molecule has 1 aliphatic rings. The lowest BCUT2D eigenvalue weighted by molar-refractivity contribution is -0.384. The SMILES string of the molecule is COc1cc([N+](=O)[O-])ccc1N/C=C(/C#N)C(=O)N1CCNCC1. The largest absolute Gasteiger partial charge is 0.494 e. The maximum absolute atomic E-state index is 12.3. The van der Waals surface area contributed by atoms with E-state index in [0.29, 0.717) is 31.9 Å². The second kappa shape index (κ2) is 7.94. The predicted molar refractivity (Wildman–Crippen MR) is 86.4 cm³/mol. The maximum atomic E-state index is 12.3. The molecule has 1 amide bonds. The zero-order valence-corrected chi connectivity index (χ0v) is 13.1. The molecule has 0 atom stereocenters. The van der Waals surface area contributed by atoms with Gasteiger partial charge in [0.1, 0.15) is 17.4 Å². The number of nitriles is 1. The summed E-state index contributed by atoms with van der Waals surface area (Å²) in [5, 5.41) is 25.9. The highest BCUT2D eigenvalue weighted by Crippen LogP contribution is 2.29. The predicted octanol–water partition coefficient (Wildman–Crippen LogP) is 0.855. The summed E-state index contributed by atoms with van der Waals surface area (Å²) in [5.74, 6) is -0.111. The molecule has 2 N–H and O–H groups in total. The first kappa shape index (κ1) is 17.2. The number of piperazine rings is 1. The Labute approximate surface area is 138 Å². The highest BCUT2D eigenvalue weighted by Gasteiger charge is 2.20. The minimum Gasteiger partial charge on any atom is -0.494 e. The smallest absolute Gasteiger partial charge is 0.273 e. The summed E-state index contributed by atoms with van der Waals surface area (Å²) >= 11 is 0. The Morgan fingerprint density at radius 3 is 2.79 bits per heavy atom. The first-order chi connectivity index (χ1) is 11.6. The topological polar surface area (TPSA) is 121 Å². The van der Waals surface area contributed by atoms with Gasteiger partial charge in [0, 0.05) is 38.4 Å². The number of nitrogens with zero attached hydrogens (tertiary/aromatic N) is 3. The van der Waals surface area contributed by atoms with Crippen LogP contribution in [0.2, 0.25) is 0 Å². The number of carbonyl (C=O) groups is 1. The lowest BCUT2D eigenvalue weighted by Crippen LogP contribution is -2.46. The molecule has 1 aliphatic heterocycles. The molecule has 0 spiro atoms. The van der Waals surface area contributed by atoms with Crippen LogP contribution in [0.4, 0.5) is 11.4 Å². The van der Waals surface area contributed by atoms with E-state index in [2.05, 4.69) is 10.6 Å². The van der Waals surface area contributed by atoms with E-state index in [9.17, 15) is 20.2 Å². The van der Waals surface area contributed by atoms with Crippen molar-refractivity contribution in [1.29, 1.82) is 5.26 Å². The molecule has 0 aromatic heterocycles. The number of ether oxygens (including phenoxy) is 1. The third kappa shape index (κ3) is 3.99. The van der Waals surface area contributed by atoms with Crippen LogP contribution in [0.5, 0.6) is 5.75 Å². The van der Waals surface area contributed by atoms with Crippen LogP contribution in [0.3, 0.4) is 0 Å². The quantitative estimate of drug-likeness (QED) is 0.355. The van der Waals surface area contributed by atoms with Crippen LogP contribution in [-0.2, 0) is 4.79 Å². The lowest BCUT2D eigenvalue weighted by Gasteiger charge is -2.27. The van der Waals surface area contributed by atoms with Gasteiger partial charge in [-0.3, -0.25) is 14.9 Å².